The van der Waals surface area contributed by atoms with Gasteiger partial charge in [-0.05, 0) is 41.6 Å². The molecule has 0 saturated carbocycles. The van der Waals surface area contributed by atoms with Crippen molar-refractivity contribution in [1.82, 2.24) is 19.8 Å². The van der Waals surface area contributed by atoms with E-state index < -0.39 is 0 Å². The van der Waals surface area contributed by atoms with Gasteiger partial charge in [-0.25, -0.2) is 9.97 Å². The molecule has 1 aromatic heterocycles. The first-order valence-corrected chi connectivity index (χ1v) is 9.97. The first-order chi connectivity index (χ1) is 12.5. The summed E-state index contributed by atoms with van der Waals surface area (Å²) in [6.45, 7) is 5.03. The molecular weight excluding hydrogens is 400 g/mol. The van der Waals surface area contributed by atoms with Crippen LogP contribution in [-0.4, -0.2) is 64.4 Å². The van der Waals surface area contributed by atoms with Crippen molar-refractivity contribution < 1.29 is 14.3 Å². The van der Waals surface area contributed by atoms with Crippen molar-refractivity contribution in [3.8, 4) is 6.01 Å². The molecule has 142 valence electrons. The fourth-order valence-electron chi connectivity index (χ4n) is 3.67. The van der Waals surface area contributed by atoms with Crippen LogP contribution in [0.5, 0.6) is 6.01 Å². The molecule has 26 heavy (non-hydrogen) atoms. The molecule has 8 heteroatoms. The quantitative estimate of drug-likeness (QED) is 0.739. The monoisotopic (exact) mass is 424 g/mol. The average molecular weight is 425 g/mol. The molecule has 0 aromatic carbocycles. The van der Waals surface area contributed by atoms with Crippen LogP contribution >= 0.6 is 15.9 Å². The fraction of sp³-hybridized carbons (Fsp3) is 0.667. The molecular formula is C18H25BrN4O3. The van der Waals surface area contributed by atoms with E-state index in [0.29, 0.717) is 31.6 Å². The molecule has 2 fully saturated rings. The molecule has 2 aliphatic heterocycles. The Kier molecular flexibility index (Phi) is 6.45. The number of nitrogens with zero attached hydrogens (tertiary/aromatic N) is 4. The Bertz CT molecular complexity index is 632. The van der Waals surface area contributed by atoms with Crippen LogP contribution in [0.3, 0.4) is 0 Å². The number of amides is 2. The Labute approximate surface area is 162 Å². The summed E-state index contributed by atoms with van der Waals surface area (Å²) in [4.78, 5) is 36.3. The smallest absolute Gasteiger partial charge is 0.316 e. The molecule has 1 unspecified atom stereocenters. The second-order valence-electron chi connectivity index (χ2n) is 7.07. The summed E-state index contributed by atoms with van der Waals surface area (Å²) in [6.07, 6.45) is 6.89. The van der Waals surface area contributed by atoms with E-state index in [4.69, 9.17) is 4.74 Å². The summed E-state index contributed by atoms with van der Waals surface area (Å²) in [7, 11) is 0. The van der Waals surface area contributed by atoms with Crippen LogP contribution in [0, 0.1) is 11.8 Å². The largest absolute Gasteiger partial charge is 0.463 e. The molecule has 1 aromatic rings. The highest BCUT2D eigenvalue weighted by molar-refractivity contribution is 9.10. The third-order valence-corrected chi connectivity index (χ3v) is 5.57. The lowest BCUT2D eigenvalue weighted by molar-refractivity contribution is -0.141. The summed E-state index contributed by atoms with van der Waals surface area (Å²) < 4.78 is 6.50. The lowest BCUT2D eigenvalue weighted by Crippen LogP contribution is -2.47. The van der Waals surface area contributed by atoms with E-state index in [0.717, 1.165) is 43.2 Å². The number of hydrogen-bond acceptors (Lipinski definition) is 5. The maximum absolute atomic E-state index is 12.8. The summed E-state index contributed by atoms with van der Waals surface area (Å²) in [6, 6.07) is 0.369. The van der Waals surface area contributed by atoms with Crippen LogP contribution in [0.2, 0.25) is 0 Å². The summed E-state index contributed by atoms with van der Waals surface area (Å²) in [5.74, 6) is 0.677. The molecule has 1 atom stereocenters. The van der Waals surface area contributed by atoms with E-state index in [-0.39, 0.29) is 17.7 Å². The standard InChI is InChI=1S/C18H25BrN4O3/c1-13(24)22-7-4-15(5-8-22)17(25)23-6-2-3-14(11-23)12-26-18-20-9-16(19)10-21-18/h9-10,14-15H,2-8,11-12H2,1H3. The summed E-state index contributed by atoms with van der Waals surface area (Å²) in [5.41, 5.74) is 0. The first kappa shape index (κ1) is 19.1. The molecule has 0 spiro atoms. The van der Waals surface area contributed by atoms with E-state index >= 15 is 0 Å². The van der Waals surface area contributed by atoms with Gasteiger partial charge in [0.1, 0.15) is 0 Å². The highest BCUT2D eigenvalue weighted by atomic mass is 79.9. The van der Waals surface area contributed by atoms with Crippen LogP contribution in [0.1, 0.15) is 32.6 Å². The number of hydrogen-bond donors (Lipinski definition) is 0. The lowest BCUT2D eigenvalue weighted by Gasteiger charge is -2.37. The van der Waals surface area contributed by atoms with Crippen molar-refractivity contribution >= 4 is 27.7 Å². The van der Waals surface area contributed by atoms with Gasteiger partial charge < -0.3 is 14.5 Å². The van der Waals surface area contributed by atoms with Crippen molar-refractivity contribution in [2.75, 3.05) is 32.8 Å². The van der Waals surface area contributed by atoms with E-state index in [2.05, 4.69) is 25.9 Å². The fourth-order valence-corrected chi connectivity index (χ4v) is 3.87. The molecule has 2 saturated heterocycles. The minimum Gasteiger partial charge on any atom is -0.463 e. The maximum Gasteiger partial charge on any atom is 0.316 e. The normalized spacial score (nSPS) is 21.5. The molecule has 7 nitrogen and oxygen atoms in total. The van der Waals surface area contributed by atoms with Gasteiger partial charge in [0.2, 0.25) is 11.8 Å². The molecule has 0 bridgehead atoms. The molecule has 3 rings (SSSR count). The second kappa shape index (κ2) is 8.79. The van der Waals surface area contributed by atoms with Gasteiger partial charge in [0.05, 0.1) is 11.1 Å². The van der Waals surface area contributed by atoms with Crippen molar-refractivity contribution in [1.29, 1.82) is 0 Å². The van der Waals surface area contributed by atoms with Gasteiger partial charge in [-0.1, -0.05) is 0 Å². The van der Waals surface area contributed by atoms with Crippen LogP contribution in [-0.2, 0) is 9.59 Å². The van der Waals surface area contributed by atoms with Gasteiger partial charge >= 0.3 is 6.01 Å². The van der Waals surface area contributed by atoms with Crippen molar-refractivity contribution in [2.24, 2.45) is 11.8 Å². The molecule has 0 radical (unpaired) electrons. The number of piperidine rings is 2. The third-order valence-electron chi connectivity index (χ3n) is 5.16. The van der Waals surface area contributed by atoms with Crippen LogP contribution in [0.25, 0.3) is 0 Å². The lowest BCUT2D eigenvalue weighted by atomic mass is 9.92. The zero-order chi connectivity index (χ0) is 18.5. The van der Waals surface area contributed by atoms with Gasteiger partial charge in [0, 0.05) is 57.3 Å². The van der Waals surface area contributed by atoms with Crippen LogP contribution in [0.15, 0.2) is 16.9 Å². The molecule has 3 heterocycles. The predicted octanol–water partition coefficient (Wildman–Crippen LogP) is 2.11. The highest BCUT2D eigenvalue weighted by Crippen LogP contribution is 2.24. The minimum absolute atomic E-state index is 0.0417. The van der Waals surface area contributed by atoms with E-state index in [1.165, 1.54) is 0 Å². The van der Waals surface area contributed by atoms with E-state index in [9.17, 15) is 9.59 Å². The number of halogens is 1. The number of carbonyl (C=O) groups excluding carboxylic acids is 2. The number of likely N-dealkylation sites (tertiary alicyclic amines) is 2. The first-order valence-electron chi connectivity index (χ1n) is 9.17. The molecule has 0 aliphatic carbocycles. The topological polar surface area (TPSA) is 75.6 Å². The van der Waals surface area contributed by atoms with Crippen molar-refractivity contribution in [3.63, 3.8) is 0 Å². The molecule has 0 N–H and O–H groups in total. The molecule has 2 amide bonds. The predicted molar refractivity (Wildman–Crippen MR) is 99.5 cm³/mol. The van der Waals surface area contributed by atoms with Gasteiger partial charge in [-0.3, -0.25) is 9.59 Å². The Hall–Kier alpha value is -1.70. The highest BCUT2D eigenvalue weighted by Gasteiger charge is 2.32. The zero-order valence-electron chi connectivity index (χ0n) is 15.1. The summed E-state index contributed by atoms with van der Waals surface area (Å²) in [5, 5.41) is 0. The minimum atomic E-state index is 0.0417. The van der Waals surface area contributed by atoms with E-state index in [1.54, 1.807) is 19.3 Å². The SMILES string of the molecule is CC(=O)N1CCC(C(=O)N2CCCC(COc3ncc(Br)cn3)C2)CC1. The van der Waals surface area contributed by atoms with Crippen molar-refractivity contribution in [3.05, 3.63) is 16.9 Å². The second-order valence-corrected chi connectivity index (χ2v) is 7.98. The van der Waals surface area contributed by atoms with Crippen LogP contribution < -0.4 is 4.74 Å². The van der Waals surface area contributed by atoms with Gasteiger partial charge in [-0.15, -0.1) is 0 Å². The zero-order valence-corrected chi connectivity index (χ0v) is 16.7. The van der Waals surface area contributed by atoms with Gasteiger partial charge in [0.15, 0.2) is 0 Å². The Morgan fingerprint density at radius 1 is 1.15 bits per heavy atom. The number of aromatic nitrogens is 2. The summed E-state index contributed by atoms with van der Waals surface area (Å²) >= 11 is 3.30. The number of rotatable bonds is 4. The average Bonchev–Trinajstić information content (AvgIpc) is 2.67. The van der Waals surface area contributed by atoms with Gasteiger partial charge in [-0.2, -0.15) is 0 Å². The Morgan fingerprint density at radius 2 is 1.85 bits per heavy atom. The molecule has 2 aliphatic rings. The maximum atomic E-state index is 12.8. The Balaban J connectivity index is 1.47. The van der Waals surface area contributed by atoms with E-state index in [1.807, 2.05) is 9.80 Å². The Morgan fingerprint density at radius 3 is 2.50 bits per heavy atom. The number of ether oxygens (including phenoxy) is 1. The van der Waals surface area contributed by atoms with Crippen LogP contribution in [0.4, 0.5) is 0 Å². The van der Waals surface area contributed by atoms with Crippen molar-refractivity contribution in [2.45, 2.75) is 32.6 Å². The third kappa shape index (κ3) is 4.93. The van der Waals surface area contributed by atoms with Gasteiger partial charge in [0.25, 0.3) is 0 Å². The number of carbonyl (C=O) groups is 2.